The Balaban J connectivity index is 2.28. The van der Waals surface area contributed by atoms with Crippen LogP contribution in [-0.4, -0.2) is 26.8 Å². The number of rotatable bonds is 6. The van der Waals surface area contributed by atoms with E-state index in [1.807, 2.05) is 17.5 Å². The monoisotopic (exact) mass is 344 g/mol. The minimum absolute atomic E-state index is 0.260. The van der Waals surface area contributed by atoms with Crippen LogP contribution in [0, 0.1) is 0 Å². The van der Waals surface area contributed by atoms with E-state index in [1.54, 1.807) is 32.3 Å². The van der Waals surface area contributed by atoms with Crippen LogP contribution in [0.5, 0.6) is 0 Å². The molecule has 0 aliphatic carbocycles. The smallest absolute Gasteiger partial charge is 0.243 e. The Morgan fingerprint density at radius 1 is 1.33 bits per heavy atom. The Morgan fingerprint density at radius 3 is 2.71 bits per heavy atom. The van der Waals surface area contributed by atoms with E-state index in [0.29, 0.717) is 18.1 Å². The normalized spacial score (nSPS) is 12.0. The van der Waals surface area contributed by atoms with Crippen LogP contribution >= 0.6 is 22.9 Å². The van der Waals surface area contributed by atoms with Gasteiger partial charge in [0.1, 0.15) is 0 Å². The van der Waals surface area contributed by atoms with Gasteiger partial charge in [0.15, 0.2) is 0 Å². The van der Waals surface area contributed by atoms with Gasteiger partial charge in [0.2, 0.25) is 10.0 Å². The zero-order valence-electron chi connectivity index (χ0n) is 11.8. The first kappa shape index (κ1) is 16.5. The van der Waals surface area contributed by atoms with Gasteiger partial charge in [-0.15, -0.1) is 11.3 Å². The van der Waals surface area contributed by atoms with E-state index in [4.69, 9.17) is 11.6 Å². The molecule has 1 N–H and O–H groups in total. The molecule has 0 amide bonds. The minimum Gasteiger partial charge on any atom is -0.316 e. The van der Waals surface area contributed by atoms with Gasteiger partial charge in [-0.3, -0.25) is 0 Å². The van der Waals surface area contributed by atoms with E-state index in [-0.39, 0.29) is 4.90 Å². The molecule has 4 nitrogen and oxygen atoms in total. The second-order valence-corrected chi connectivity index (χ2v) is 8.11. The van der Waals surface area contributed by atoms with Crippen molar-refractivity contribution in [2.75, 3.05) is 14.1 Å². The quantitative estimate of drug-likeness (QED) is 0.876. The average Bonchev–Trinajstić information content (AvgIpc) is 2.94. The molecule has 0 fully saturated rings. The molecule has 1 aromatic carbocycles. The predicted octanol–water partition coefficient (Wildman–Crippen LogP) is 2.94. The molecule has 0 unspecified atom stereocenters. The first-order valence-corrected chi connectivity index (χ1v) is 9.06. The third-order valence-corrected chi connectivity index (χ3v) is 6.08. The number of benzene rings is 1. The standard InChI is InChI=1S/C14H17ClN2O2S2/c1-16-9-11-8-13(5-6-14(11)15)21(18,19)17(2)10-12-4-3-7-20-12/h3-8,16H,9-10H2,1-2H3. The van der Waals surface area contributed by atoms with Gasteiger partial charge >= 0.3 is 0 Å². The van der Waals surface area contributed by atoms with Gasteiger partial charge < -0.3 is 5.32 Å². The summed E-state index contributed by atoms with van der Waals surface area (Å²) in [5.41, 5.74) is 0.768. The highest BCUT2D eigenvalue weighted by molar-refractivity contribution is 7.89. The van der Waals surface area contributed by atoms with Crippen molar-refractivity contribution in [2.24, 2.45) is 0 Å². The van der Waals surface area contributed by atoms with Gasteiger partial charge in [0.05, 0.1) is 4.90 Å². The van der Waals surface area contributed by atoms with Gasteiger partial charge in [-0.1, -0.05) is 17.7 Å². The second-order valence-electron chi connectivity index (χ2n) is 4.62. The molecule has 1 aromatic heterocycles. The SMILES string of the molecule is CNCc1cc(S(=O)(=O)N(C)Cc2cccs2)ccc1Cl. The van der Waals surface area contributed by atoms with Crippen LogP contribution in [0.3, 0.4) is 0 Å². The van der Waals surface area contributed by atoms with Crippen LogP contribution < -0.4 is 5.32 Å². The molecule has 0 saturated carbocycles. The Morgan fingerprint density at radius 2 is 2.10 bits per heavy atom. The van der Waals surface area contributed by atoms with Crippen molar-refractivity contribution in [3.05, 3.63) is 51.2 Å². The molecule has 0 atom stereocenters. The van der Waals surface area contributed by atoms with Crippen LogP contribution in [0.25, 0.3) is 0 Å². The summed E-state index contributed by atoms with van der Waals surface area (Å²) in [5.74, 6) is 0. The number of thiophene rings is 1. The molecule has 0 saturated heterocycles. The molecule has 1 heterocycles. The van der Waals surface area contributed by atoms with Crippen molar-refractivity contribution in [2.45, 2.75) is 18.0 Å². The Hall–Kier alpha value is -0.920. The summed E-state index contributed by atoms with van der Waals surface area (Å²) in [7, 11) is -0.142. The van der Waals surface area contributed by atoms with Gasteiger partial charge in [-0.25, -0.2) is 8.42 Å². The summed E-state index contributed by atoms with van der Waals surface area (Å²) in [6.45, 7) is 0.890. The predicted molar refractivity (Wildman–Crippen MR) is 87.2 cm³/mol. The van der Waals surface area contributed by atoms with Crippen molar-refractivity contribution in [3.8, 4) is 0 Å². The highest BCUT2D eigenvalue weighted by atomic mass is 35.5. The number of sulfonamides is 1. The zero-order chi connectivity index (χ0) is 15.5. The molecule has 2 aromatic rings. The molecular weight excluding hydrogens is 328 g/mol. The Kier molecular flexibility index (Phi) is 5.40. The lowest BCUT2D eigenvalue weighted by Crippen LogP contribution is -2.26. The maximum Gasteiger partial charge on any atom is 0.243 e. The number of hydrogen-bond donors (Lipinski definition) is 1. The van der Waals surface area contributed by atoms with E-state index >= 15 is 0 Å². The lowest BCUT2D eigenvalue weighted by atomic mass is 10.2. The third-order valence-electron chi connectivity index (χ3n) is 3.05. The molecule has 0 spiro atoms. The molecule has 0 aliphatic rings. The van der Waals surface area contributed by atoms with E-state index in [0.717, 1.165) is 10.4 Å². The maximum absolute atomic E-state index is 12.6. The van der Waals surface area contributed by atoms with E-state index in [9.17, 15) is 8.42 Å². The van der Waals surface area contributed by atoms with Crippen LogP contribution in [-0.2, 0) is 23.1 Å². The molecule has 0 bridgehead atoms. The molecule has 0 radical (unpaired) electrons. The fraction of sp³-hybridized carbons (Fsp3) is 0.286. The molecule has 21 heavy (non-hydrogen) atoms. The van der Waals surface area contributed by atoms with E-state index < -0.39 is 10.0 Å². The van der Waals surface area contributed by atoms with Crippen molar-refractivity contribution in [1.82, 2.24) is 9.62 Å². The van der Waals surface area contributed by atoms with E-state index in [2.05, 4.69) is 5.32 Å². The molecule has 0 aliphatic heterocycles. The first-order chi connectivity index (χ1) is 9.95. The van der Waals surface area contributed by atoms with Crippen molar-refractivity contribution < 1.29 is 8.42 Å². The van der Waals surface area contributed by atoms with Gasteiger partial charge in [-0.05, 0) is 42.3 Å². The summed E-state index contributed by atoms with van der Waals surface area (Å²) >= 11 is 7.61. The van der Waals surface area contributed by atoms with Crippen molar-refractivity contribution in [3.63, 3.8) is 0 Å². The van der Waals surface area contributed by atoms with Gasteiger partial charge in [0.25, 0.3) is 0 Å². The van der Waals surface area contributed by atoms with Crippen LogP contribution in [0.15, 0.2) is 40.6 Å². The molecule has 2 rings (SSSR count). The number of nitrogens with zero attached hydrogens (tertiary/aromatic N) is 1. The number of hydrogen-bond acceptors (Lipinski definition) is 4. The summed E-state index contributed by atoms with van der Waals surface area (Å²) in [6, 6.07) is 8.62. The Bertz CT molecular complexity index is 700. The minimum atomic E-state index is -3.52. The summed E-state index contributed by atoms with van der Waals surface area (Å²) < 4.78 is 26.5. The first-order valence-electron chi connectivity index (χ1n) is 6.37. The lowest BCUT2D eigenvalue weighted by molar-refractivity contribution is 0.469. The maximum atomic E-state index is 12.6. The van der Waals surface area contributed by atoms with Crippen molar-refractivity contribution in [1.29, 1.82) is 0 Å². The molecular formula is C14H17ClN2O2S2. The lowest BCUT2D eigenvalue weighted by Gasteiger charge is -2.17. The zero-order valence-corrected chi connectivity index (χ0v) is 14.2. The highest BCUT2D eigenvalue weighted by Gasteiger charge is 2.22. The van der Waals surface area contributed by atoms with Gasteiger partial charge in [-0.2, -0.15) is 4.31 Å². The third kappa shape index (κ3) is 3.84. The fourth-order valence-corrected chi connectivity index (χ4v) is 4.15. The second kappa shape index (κ2) is 6.89. The number of nitrogens with one attached hydrogen (secondary N) is 1. The average molecular weight is 345 g/mol. The van der Waals surface area contributed by atoms with E-state index in [1.165, 1.54) is 15.6 Å². The summed E-state index contributed by atoms with van der Waals surface area (Å²) in [6.07, 6.45) is 0. The summed E-state index contributed by atoms with van der Waals surface area (Å²) in [4.78, 5) is 1.27. The Labute approximate surface area is 134 Å². The highest BCUT2D eigenvalue weighted by Crippen LogP contribution is 2.24. The van der Waals surface area contributed by atoms with Crippen LogP contribution in [0.1, 0.15) is 10.4 Å². The molecule has 7 heteroatoms. The fourth-order valence-electron chi connectivity index (χ4n) is 1.92. The van der Waals surface area contributed by atoms with Gasteiger partial charge in [0, 0.05) is 30.0 Å². The molecule has 114 valence electrons. The largest absolute Gasteiger partial charge is 0.316 e. The number of halogens is 1. The van der Waals surface area contributed by atoms with Crippen LogP contribution in [0.4, 0.5) is 0 Å². The van der Waals surface area contributed by atoms with Crippen LogP contribution in [0.2, 0.25) is 5.02 Å². The van der Waals surface area contributed by atoms with Crippen molar-refractivity contribution >= 4 is 33.0 Å². The summed E-state index contributed by atoms with van der Waals surface area (Å²) in [5, 5.41) is 5.47. The topological polar surface area (TPSA) is 49.4 Å².